The zero-order valence-electron chi connectivity index (χ0n) is 16.0. The van der Waals surface area contributed by atoms with Crippen LogP contribution in [0.25, 0.3) is 11.4 Å². The minimum atomic E-state index is -3.56. The summed E-state index contributed by atoms with van der Waals surface area (Å²) in [6.07, 6.45) is 1.56. The van der Waals surface area contributed by atoms with Gasteiger partial charge in [-0.1, -0.05) is 12.1 Å². The normalized spacial score (nSPS) is 11.2. The van der Waals surface area contributed by atoms with Crippen LogP contribution in [0.1, 0.15) is 12.5 Å². The lowest BCUT2D eigenvalue weighted by Gasteiger charge is -2.11. The molecule has 0 aliphatic carbocycles. The Morgan fingerprint density at radius 3 is 2.70 bits per heavy atom. The van der Waals surface area contributed by atoms with E-state index in [9.17, 15) is 17.6 Å². The summed E-state index contributed by atoms with van der Waals surface area (Å²) < 4.78 is 35.9. The lowest BCUT2D eigenvalue weighted by molar-refractivity contribution is -0.114. The first-order valence-electron chi connectivity index (χ1n) is 8.82. The van der Waals surface area contributed by atoms with E-state index in [1.165, 1.54) is 31.5 Å². The Labute approximate surface area is 172 Å². The highest BCUT2D eigenvalue weighted by Crippen LogP contribution is 2.27. The van der Waals surface area contributed by atoms with E-state index < -0.39 is 15.8 Å². The number of halogens is 1. The number of amides is 1. The average Bonchev–Trinajstić information content (AvgIpc) is 2.66. The van der Waals surface area contributed by atoms with E-state index >= 15 is 0 Å². The van der Waals surface area contributed by atoms with Gasteiger partial charge in [-0.25, -0.2) is 27.9 Å². The van der Waals surface area contributed by atoms with E-state index in [1.54, 1.807) is 24.3 Å². The molecule has 0 saturated carbocycles. The van der Waals surface area contributed by atoms with Crippen molar-refractivity contribution in [3.63, 3.8) is 0 Å². The molecule has 0 fully saturated rings. The Bertz CT molecular complexity index is 1190. The van der Waals surface area contributed by atoms with Crippen molar-refractivity contribution < 1.29 is 17.6 Å². The zero-order valence-corrected chi connectivity index (χ0v) is 16.8. The number of rotatable bonds is 7. The molecule has 1 aromatic heterocycles. The molecule has 11 heteroatoms. The zero-order chi connectivity index (χ0) is 21.7. The number of hydrogen-bond acceptors (Lipinski definition) is 7. The first-order chi connectivity index (χ1) is 14.2. The van der Waals surface area contributed by atoms with Crippen molar-refractivity contribution in [3.8, 4) is 11.4 Å². The SMILES string of the molecule is CC(=O)Nc1cc(F)ccc1-c1ncnc(Nc2cccc(CCS(N)(=O)=O)c2)n1. The number of anilines is 3. The maximum atomic E-state index is 13.6. The highest BCUT2D eigenvalue weighted by Gasteiger charge is 2.12. The minimum Gasteiger partial charge on any atom is -0.326 e. The van der Waals surface area contributed by atoms with Gasteiger partial charge in [-0.05, 0) is 42.3 Å². The number of primary sulfonamides is 1. The molecule has 0 aliphatic rings. The minimum absolute atomic E-state index is 0.164. The van der Waals surface area contributed by atoms with Crippen LogP contribution in [0.15, 0.2) is 48.8 Å². The quantitative estimate of drug-likeness (QED) is 0.522. The van der Waals surface area contributed by atoms with Crippen molar-refractivity contribution in [2.24, 2.45) is 5.14 Å². The van der Waals surface area contributed by atoms with Gasteiger partial charge in [0.25, 0.3) is 0 Å². The fourth-order valence-corrected chi connectivity index (χ4v) is 3.20. The largest absolute Gasteiger partial charge is 0.326 e. The van der Waals surface area contributed by atoms with Crippen molar-refractivity contribution >= 4 is 33.3 Å². The van der Waals surface area contributed by atoms with Gasteiger partial charge in [0, 0.05) is 18.2 Å². The van der Waals surface area contributed by atoms with Gasteiger partial charge in [0.05, 0.1) is 11.4 Å². The Balaban J connectivity index is 1.84. The average molecular weight is 430 g/mol. The highest BCUT2D eigenvalue weighted by molar-refractivity contribution is 7.89. The van der Waals surface area contributed by atoms with Crippen molar-refractivity contribution in [1.82, 2.24) is 15.0 Å². The van der Waals surface area contributed by atoms with Gasteiger partial charge in [0.15, 0.2) is 5.82 Å². The highest BCUT2D eigenvalue weighted by atomic mass is 32.2. The van der Waals surface area contributed by atoms with Crippen molar-refractivity contribution in [2.45, 2.75) is 13.3 Å². The van der Waals surface area contributed by atoms with E-state index in [1.807, 2.05) is 0 Å². The smallest absolute Gasteiger partial charge is 0.230 e. The Hall–Kier alpha value is -3.44. The van der Waals surface area contributed by atoms with E-state index in [4.69, 9.17) is 5.14 Å². The molecule has 0 saturated heterocycles. The third kappa shape index (κ3) is 6.03. The van der Waals surface area contributed by atoms with E-state index in [2.05, 4.69) is 25.6 Å². The number of sulfonamides is 1. The maximum absolute atomic E-state index is 13.6. The molecule has 0 radical (unpaired) electrons. The monoisotopic (exact) mass is 430 g/mol. The fourth-order valence-electron chi connectivity index (χ4n) is 2.68. The summed E-state index contributed by atoms with van der Waals surface area (Å²) in [6.45, 7) is 1.32. The van der Waals surface area contributed by atoms with Crippen LogP contribution in [0.3, 0.4) is 0 Å². The first-order valence-corrected chi connectivity index (χ1v) is 10.5. The number of carbonyl (C=O) groups excluding carboxylic acids is 1. The number of nitrogens with zero attached hydrogens (tertiary/aromatic N) is 3. The summed E-state index contributed by atoms with van der Waals surface area (Å²) in [5.41, 5.74) is 2.08. The summed E-state index contributed by atoms with van der Waals surface area (Å²) >= 11 is 0. The number of aromatic nitrogens is 3. The van der Waals surface area contributed by atoms with Crippen LogP contribution in [-0.2, 0) is 21.2 Å². The van der Waals surface area contributed by atoms with Gasteiger partial charge in [-0.3, -0.25) is 4.79 Å². The van der Waals surface area contributed by atoms with E-state index in [-0.39, 0.29) is 35.5 Å². The second-order valence-electron chi connectivity index (χ2n) is 6.45. The van der Waals surface area contributed by atoms with Gasteiger partial charge in [-0.15, -0.1) is 0 Å². The summed E-state index contributed by atoms with van der Waals surface area (Å²) in [7, 11) is -3.56. The molecule has 0 atom stereocenters. The molecule has 3 aromatic rings. The molecule has 0 spiro atoms. The molecule has 0 bridgehead atoms. The van der Waals surface area contributed by atoms with Gasteiger partial charge in [0.2, 0.25) is 21.9 Å². The molecule has 2 aromatic carbocycles. The summed E-state index contributed by atoms with van der Waals surface area (Å²) in [6, 6.07) is 11.0. The van der Waals surface area contributed by atoms with Gasteiger partial charge < -0.3 is 10.6 Å². The van der Waals surface area contributed by atoms with Gasteiger partial charge in [-0.2, -0.15) is 4.98 Å². The molecule has 3 rings (SSSR count). The molecule has 9 nitrogen and oxygen atoms in total. The van der Waals surface area contributed by atoms with Crippen molar-refractivity contribution in [1.29, 1.82) is 0 Å². The lowest BCUT2D eigenvalue weighted by Crippen LogP contribution is -2.17. The topological polar surface area (TPSA) is 140 Å². The molecular weight excluding hydrogens is 411 g/mol. The second-order valence-corrected chi connectivity index (χ2v) is 8.18. The van der Waals surface area contributed by atoms with Crippen LogP contribution in [0.5, 0.6) is 0 Å². The fraction of sp³-hybridized carbons (Fsp3) is 0.158. The summed E-state index contributed by atoms with van der Waals surface area (Å²) in [5.74, 6) is -0.567. The predicted octanol–water partition coefficient (Wildman–Crippen LogP) is 2.21. The third-order valence-electron chi connectivity index (χ3n) is 3.96. The lowest BCUT2D eigenvalue weighted by atomic mass is 10.1. The Morgan fingerprint density at radius 2 is 1.97 bits per heavy atom. The Kier molecular flexibility index (Phi) is 6.33. The number of nitrogens with two attached hydrogens (primary N) is 1. The molecule has 30 heavy (non-hydrogen) atoms. The number of aryl methyl sites for hydroxylation is 1. The standard InChI is InChI=1S/C19H19FN6O3S/c1-12(27)24-17-10-14(20)5-6-16(17)18-22-11-23-19(26-18)25-15-4-2-3-13(9-15)7-8-30(21,28)29/h2-6,9-11H,7-8H2,1H3,(H,24,27)(H2,21,28,29)(H,22,23,25,26). The van der Waals surface area contributed by atoms with E-state index in [0.29, 0.717) is 11.3 Å². The number of carbonyl (C=O) groups is 1. The molecule has 0 unspecified atom stereocenters. The number of benzene rings is 2. The number of nitrogens with one attached hydrogen (secondary N) is 2. The molecule has 1 amide bonds. The predicted molar refractivity (Wildman–Crippen MR) is 111 cm³/mol. The number of hydrogen-bond donors (Lipinski definition) is 3. The van der Waals surface area contributed by atoms with Crippen LogP contribution in [0, 0.1) is 5.82 Å². The van der Waals surface area contributed by atoms with Crippen LogP contribution < -0.4 is 15.8 Å². The van der Waals surface area contributed by atoms with Gasteiger partial charge >= 0.3 is 0 Å². The molecule has 0 aliphatic heterocycles. The Morgan fingerprint density at radius 1 is 1.17 bits per heavy atom. The molecule has 156 valence electrons. The van der Waals surface area contributed by atoms with Crippen LogP contribution in [-0.4, -0.2) is 35.0 Å². The van der Waals surface area contributed by atoms with Crippen LogP contribution >= 0.6 is 0 Å². The van der Waals surface area contributed by atoms with Crippen LogP contribution in [0.2, 0.25) is 0 Å². The summed E-state index contributed by atoms with van der Waals surface area (Å²) in [4.78, 5) is 23.9. The maximum Gasteiger partial charge on any atom is 0.230 e. The molecular formula is C19H19FN6O3S. The first kappa shape index (κ1) is 21.3. The van der Waals surface area contributed by atoms with Crippen LogP contribution in [0.4, 0.5) is 21.7 Å². The summed E-state index contributed by atoms with van der Waals surface area (Å²) in [5, 5.41) is 10.6. The van der Waals surface area contributed by atoms with E-state index in [0.717, 1.165) is 5.56 Å². The van der Waals surface area contributed by atoms with Crippen molar-refractivity contribution in [2.75, 3.05) is 16.4 Å². The van der Waals surface area contributed by atoms with Crippen molar-refractivity contribution in [3.05, 3.63) is 60.2 Å². The van der Waals surface area contributed by atoms with Gasteiger partial charge in [0.1, 0.15) is 12.1 Å². The third-order valence-corrected chi connectivity index (χ3v) is 4.74. The molecule has 4 N–H and O–H groups in total. The molecule has 1 heterocycles. The second kappa shape index (κ2) is 8.93.